The number of methoxy groups -OCH3 is 3. The van der Waals surface area contributed by atoms with Gasteiger partial charge in [0.05, 0.1) is 27.4 Å². The predicted molar refractivity (Wildman–Crippen MR) is 93.2 cm³/mol. The van der Waals surface area contributed by atoms with E-state index >= 15 is 0 Å². The highest BCUT2D eigenvalue weighted by atomic mass is 16.5. The van der Waals surface area contributed by atoms with Crippen LogP contribution in [0.5, 0.6) is 17.2 Å². The maximum Gasteiger partial charge on any atom is 0.251 e. The number of benzene rings is 2. The second kappa shape index (κ2) is 7.73. The van der Waals surface area contributed by atoms with Crippen molar-refractivity contribution in [2.75, 3.05) is 21.3 Å². The van der Waals surface area contributed by atoms with Crippen molar-refractivity contribution >= 4 is 5.91 Å². The molecule has 0 saturated carbocycles. The molecule has 1 atom stereocenters. The summed E-state index contributed by atoms with van der Waals surface area (Å²) in [6.07, 6.45) is 0. The Morgan fingerprint density at radius 1 is 0.917 bits per heavy atom. The monoisotopic (exact) mass is 329 g/mol. The summed E-state index contributed by atoms with van der Waals surface area (Å²) in [4.78, 5) is 12.5. The molecule has 1 N–H and O–H groups in total. The number of rotatable bonds is 6. The summed E-state index contributed by atoms with van der Waals surface area (Å²) in [6.45, 7) is 3.93. The van der Waals surface area contributed by atoms with Crippen molar-refractivity contribution in [2.45, 2.75) is 19.9 Å². The molecule has 0 fully saturated rings. The molecule has 0 aliphatic rings. The summed E-state index contributed by atoms with van der Waals surface area (Å²) in [7, 11) is 4.72. The lowest BCUT2D eigenvalue weighted by molar-refractivity contribution is 0.0939. The molecule has 128 valence electrons. The van der Waals surface area contributed by atoms with Gasteiger partial charge in [-0.1, -0.05) is 17.7 Å². The van der Waals surface area contributed by atoms with Crippen molar-refractivity contribution in [3.63, 3.8) is 0 Å². The highest BCUT2D eigenvalue weighted by Crippen LogP contribution is 2.29. The van der Waals surface area contributed by atoms with Crippen molar-refractivity contribution in [2.24, 2.45) is 0 Å². The third-order valence-electron chi connectivity index (χ3n) is 3.85. The number of aryl methyl sites for hydroxylation is 1. The first kappa shape index (κ1) is 17.7. The van der Waals surface area contributed by atoms with Gasteiger partial charge >= 0.3 is 0 Å². The molecule has 0 bridgehead atoms. The molecule has 0 heterocycles. The van der Waals surface area contributed by atoms with Crippen molar-refractivity contribution in [3.05, 3.63) is 53.1 Å². The number of amides is 1. The van der Waals surface area contributed by atoms with Crippen LogP contribution in [0.1, 0.15) is 34.5 Å². The average molecular weight is 329 g/mol. The Morgan fingerprint density at radius 3 is 2.17 bits per heavy atom. The zero-order valence-corrected chi connectivity index (χ0v) is 14.7. The first-order valence-electron chi connectivity index (χ1n) is 7.67. The summed E-state index contributed by atoms with van der Waals surface area (Å²) in [5.41, 5.74) is 2.55. The molecule has 0 saturated heterocycles. The van der Waals surface area contributed by atoms with Crippen LogP contribution in [0.15, 0.2) is 36.4 Å². The van der Waals surface area contributed by atoms with Gasteiger partial charge in [-0.3, -0.25) is 4.79 Å². The van der Waals surface area contributed by atoms with Gasteiger partial charge in [0.2, 0.25) is 0 Å². The first-order chi connectivity index (χ1) is 11.5. The van der Waals surface area contributed by atoms with Crippen LogP contribution in [0.2, 0.25) is 0 Å². The van der Waals surface area contributed by atoms with E-state index in [0.717, 1.165) is 16.9 Å². The Balaban J connectivity index is 2.22. The van der Waals surface area contributed by atoms with Crippen molar-refractivity contribution in [1.29, 1.82) is 0 Å². The standard InChI is InChI=1S/C19H23NO4/c1-12-6-8-16(22-3)15(10-12)13(2)20-19(21)14-7-9-17(23-4)18(11-14)24-5/h6-11,13H,1-5H3,(H,20,21). The van der Waals surface area contributed by atoms with E-state index in [-0.39, 0.29) is 11.9 Å². The van der Waals surface area contributed by atoms with Crippen LogP contribution >= 0.6 is 0 Å². The fourth-order valence-electron chi connectivity index (χ4n) is 2.53. The lowest BCUT2D eigenvalue weighted by Gasteiger charge is -2.18. The van der Waals surface area contributed by atoms with E-state index in [1.54, 1.807) is 39.5 Å². The first-order valence-corrected chi connectivity index (χ1v) is 7.67. The Bertz CT molecular complexity index is 727. The lowest BCUT2D eigenvalue weighted by atomic mass is 10.0. The Hall–Kier alpha value is -2.69. The van der Waals surface area contributed by atoms with Gasteiger partial charge in [-0.15, -0.1) is 0 Å². The average Bonchev–Trinajstić information content (AvgIpc) is 2.60. The maximum atomic E-state index is 12.5. The van der Waals surface area contributed by atoms with Crippen LogP contribution in [-0.4, -0.2) is 27.2 Å². The van der Waals surface area contributed by atoms with E-state index in [1.807, 2.05) is 32.0 Å². The van der Waals surface area contributed by atoms with E-state index in [0.29, 0.717) is 17.1 Å². The fraction of sp³-hybridized carbons (Fsp3) is 0.316. The number of ether oxygens (including phenoxy) is 3. The van der Waals surface area contributed by atoms with Crippen LogP contribution in [0.25, 0.3) is 0 Å². The predicted octanol–water partition coefficient (Wildman–Crippen LogP) is 3.51. The quantitative estimate of drug-likeness (QED) is 0.881. The van der Waals surface area contributed by atoms with Gasteiger partial charge in [0.1, 0.15) is 5.75 Å². The molecule has 1 amide bonds. The van der Waals surface area contributed by atoms with Gasteiger partial charge in [0.15, 0.2) is 11.5 Å². The number of nitrogens with one attached hydrogen (secondary N) is 1. The zero-order valence-electron chi connectivity index (χ0n) is 14.7. The number of hydrogen-bond donors (Lipinski definition) is 1. The highest BCUT2D eigenvalue weighted by molar-refractivity contribution is 5.95. The van der Waals surface area contributed by atoms with E-state index in [1.165, 1.54) is 0 Å². The molecule has 2 aromatic carbocycles. The van der Waals surface area contributed by atoms with Gasteiger partial charge < -0.3 is 19.5 Å². The van der Waals surface area contributed by atoms with Crippen LogP contribution in [0.4, 0.5) is 0 Å². The SMILES string of the molecule is COc1ccc(C(=O)NC(C)c2cc(C)ccc2OC)cc1OC. The van der Waals surface area contributed by atoms with Gasteiger partial charge in [-0.2, -0.15) is 0 Å². The Labute approximate surface area is 142 Å². The molecule has 0 aliphatic heterocycles. The molecule has 2 rings (SSSR count). The van der Waals surface area contributed by atoms with Crippen molar-refractivity contribution < 1.29 is 19.0 Å². The number of carbonyl (C=O) groups is 1. The second-order valence-corrected chi connectivity index (χ2v) is 5.51. The molecule has 0 radical (unpaired) electrons. The maximum absolute atomic E-state index is 12.5. The van der Waals surface area contributed by atoms with Gasteiger partial charge in [0, 0.05) is 11.1 Å². The molecule has 0 aliphatic carbocycles. The molecule has 5 heteroatoms. The van der Waals surface area contributed by atoms with E-state index in [2.05, 4.69) is 5.32 Å². The second-order valence-electron chi connectivity index (χ2n) is 5.51. The van der Waals surface area contributed by atoms with Crippen LogP contribution in [-0.2, 0) is 0 Å². The molecular weight excluding hydrogens is 306 g/mol. The molecule has 0 spiro atoms. The van der Waals surface area contributed by atoms with Crippen molar-refractivity contribution in [3.8, 4) is 17.2 Å². The fourth-order valence-corrected chi connectivity index (χ4v) is 2.53. The minimum atomic E-state index is -0.194. The van der Waals surface area contributed by atoms with E-state index in [4.69, 9.17) is 14.2 Å². The summed E-state index contributed by atoms with van der Waals surface area (Å²) in [5.74, 6) is 1.67. The molecule has 1 unspecified atom stereocenters. The normalized spacial score (nSPS) is 11.5. The van der Waals surface area contributed by atoms with Gasteiger partial charge in [0.25, 0.3) is 5.91 Å². The third-order valence-corrected chi connectivity index (χ3v) is 3.85. The third kappa shape index (κ3) is 3.79. The zero-order chi connectivity index (χ0) is 17.7. The molecule has 24 heavy (non-hydrogen) atoms. The molecular formula is C19H23NO4. The summed E-state index contributed by atoms with van der Waals surface area (Å²) in [5, 5.41) is 2.99. The number of carbonyl (C=O) groups excluding carboxylic acids is 1. The molecule has 5 nitrogen and oxygen atoms in total. The summed E-state index contributed by atoms with van der Waals surface area (Å²) < 4.78 is 15.8. The lowest BCUT2D eigenvalue weighted by Crippen LogP contribution is -2.27. The number of hydrogen-bond acceptors (Lipinski definition) is 4. The minimum Gasteiger partial charge on any atom is -0.496 e. The smallest absolute Gasteiger partial charge is 0.251 e. The van der Waals surface area contributed by atoms with E-state index in [9.17, 15) is 4.79 Å². The van der Waals surface area contributed by atoms with Crippen molar-refractivity contribution in [1.82, 2.24) is 5.32 Å². The molecule has 0 aromatic heterocycles. The van der Waals surface area contributed by atoms with Crippen LogP contribution in [0.3, 0.4) is 0 Å². The summed E-state index contributed by atoms with van der Waals surface area (Å²) >= 11 is 0. The highest BCUT2D eigenvalue weighted by Gasteiger charge is 2.17. The van der Waals surface area contributed by atoms with Crippen LogP contribution < -0.4 is 19.5 Å². The van der Waals surface area contributed by atoms with Gasteiger partial charge in [-0.05, 0) is 38.1 Å². The molecule has 2 aromatic rings. The topological polar surface area (TPSA) is 56.8 Å². The Kier molecular flexibility index (Phi) is 5.68. The van der Waals surface area contributed by atoms with Gasteiger partial charge in [-0.25, -0.2) is 0 Å². The summed E-state index contributed by atoms with van der Waals surface area (Å²) in [6, 6.07) is 10.8. The minimum absolute atomic E-state index is 0.188. The van der Waals surface area contributed by atoms with Crippen LogP contribution in [0, 0.1) is 6.92 Å². The van der Waals surface area contributed by atoms with E-state index < -0.39 is 0 Å². The largest absolute Gasteiger partial charge is 0.496 e. The Morgan fingerprint density at radius 2 is 1.54 bits per heavy atom.